The lowest BCUT2D eigenvalue weighted by Gasteiger charge is -2.12. The van der Waals surface area contributed by atoms with Crippen molar-refractivity contribution in [3.8, 4) is 0 Å². The van der Waals surface area contributed by atoms with E-state index < -0.39 is 24.9 Å². The third-order valence-corrected chi connectivity index (χ3v) is 7.08. The molecule has 0 aliphatic rings. The van der Waals surface area contributed by atoms with Gasteiger partial charge in [0, 0.05) is 20.6 Å². The molecule has 0 bridgehead atoms. The zero-order valence-corrected chi connectivity index (χ0v) is 18.9. The molecular weight excluding hydrogens is 424 g/mol. The Morgan fingerprint density at radius 3 is 2.29 bits per heavy atom. The summed E-state index contributed by atoms with van der Waals surface area (Å²) in [5.41, 5.74) is 5.65. The quantitative estimate of drug-likeness (QED) is 0.217. The fourth-order valence-corrected chi connectivity index (χ4v) is 5.13. The average molecular weight is 453 g/mol. The van der Waals surface area contributed by atoms with Crippen molar-refractivity contribution < 1.29 is 16.8 Å². The van der Waals surface area contributed by atoms with Gasteiger partial charge in [-0.2, -0.15) is 8.42 Å². The first-order valence-electron chi connectivity index (χ1n) is 9.07. The molecule has 0 saturated carbocycles. The highest BCUT2D eigenvalue weighted by Crippen LogP contribution is 2.30. The van der Waals surface area contributed by atoms with Gasteiger partial charge in [-0.05, 0) is 18.6 Å². The van der Waals surface area contributed by atoms with Crippen molar-refractivity contribution in [3.05, 3.63) is 17.2 Å². The Labute approximate surface area is 173 Å². The molecule has 0 unspecified atom stereocenters. The van der Waals surface area contributed by atoms with Crippen molar-refractivity contribution in [1.29, 1.82) is 0 Å². The van der Waals surface area contributed by atoms with Crippen LogP contribution in [-0.4, -0.2) is 48.7 Å². The molecule has 8 nitrogen and oxygen atoms in total. The highest BCUT2D eigenvalue weighted by molar-refractivity contribution is 7.91. The second-order valence-corrected chi connectivity index (χ2v) is 10.4. The van der Waals surface area contributed by atoms with Crippen LogP contribution in [-0.2, 0) is 20.0 Å². The highest BCUT2D eigenvalue weighted by Gasteiger charge is 2.24. The first kappa shape index (κ1) is 24.7. The summed E-state index contributed by atoms with van der Waals surface area (Å²) in [6.07, 6.45) is 7.18. The fraction of sp³-hybridized carbons (Fsp3) is 0.588. The minimum atomic E-state index is -4.18. The Balaban J connectivity index is 2.98. The standard InChI is InChI=1S/C17H29ClN4O4S2/c1-4-5-6-7-8-9-10-20-28(25,26)17-12-16(14(18)11-15(17)19)27(23,24)21-13-22(2)3/h11-13,20H,4-10,19H2,1-3H3/b21-13+. The minimum Gasteiger partial charge on any atom is -0.398 e. The molecule has 0 heterocycles. The Bertz CT molecular complexity index is 885. The Hall–Kier alpha value is -1.36. The summed E-state index contributed by atoms with van der Waals surface area (Å²) in [7, 11) is -4.95. The largest absolute Gasteiger partial charge is 0.398 e. The number of nitrogens with two attached hydrogens (primary N) is 1. The van der Waals surface area contributed by atoms with Gasteiger partial charge in [-0.3, -0.25) is 0 Å². The second-order valence-electron chi connectivity index (χ2n) is 6.65. The number of hydrogen-bond donors (Lipinski definition) is 2. The van der Waals surface area contributed by atoms with Gasteiger partial charge in [-0.25, -0.2) is 13.1 Å². The van der Waals surface area contributed by atoms with E-state index in [1.807, 2.05) is 0 Å². The topological polar surface area (TPSA) is 122 Å². The van der Waals surface area contributed by atoms with E-state index in [1.54, 1.807) is 14.1 Å². The number of hydrogen-bond acceptors (Lipinski definition) is 5. The van der Waals surface area contributed by atoms with E-state index in [0.717, 1.165) is 44.2 Å². The molecule has 0 atom stereocenters. The monoisotopic (exact) mass is 452 g/mol. The second kappa shape index (κ2) is 11.0. The summed E-state index contributed by atoms with van der Waals surface area (Å²) in [5, 5.41) is -0.191. The van der Waals surface area contributed by atoms with E-state index >= 15 is 0 Å². The van der Waals surface area contributed by atoms with E-state index in [0.29, 0.717) is 6.42 Å². The molecular formula is C17H29ClN4O4S2. The van der Waals surface area contributed by atoms with Crippen molar-refractivity contribution >= 4 is 43.7 Å². The molecule has 0 amide bonds. The summed E-state index contributed by atoms with van der Waals surface area (Å²) >= 11 is 5.98. The van der Waals surface area contributed by atoms with Crippen LogP contribution in [0.4, 0.5) is 5.69 Å². The smallest absolute Gasteiger partial charge is 0.285 e. The molecule has 160 valence electrons. The maximum absolute atomic E-state index is 12.6. The van der Waals surface area contributed by atoms with Crippen LogP contribution in [0.1, 0.15) is 45.4 Å². The molecule has 0 aromatic heterocycles. The molecule has 28 heavy (non-hydrogen) atoms. The molecule has 0 aliphatic carbocycles. The number of anilines is 1. The van der Waals surface area contributed by atoms with Crippen LogP contribution in [0.5, 0.6) is 0 Å². The molecule has 0 fully saturated rings. The number of rotatable bonds is 12. The van der Waals surface area contributed by atoms with Gasteiger partial charge in [0.2, 0.25) is 10.0 Å². The van der Waals surface area contributed by atoms with Crippen LogP contribution in [0.25, 0.3) is 0 Å². The van der Waals surface area contributed by atoms with Crippen LogP contribution in [0, 0.1) is 0 Å². The average Bonchev–Trinajstić information content (AvgIpc) is 2.58. The normalized spacial score (nSPS) is 12.6. The van der Waals surface area contributed by atoms with Gasteiger partial charge >= 0.3 is 0 Å². The molecule has 11 heteroatoms. The molecule has 1 aromatic rings. The van der Waals surface area contributed by atoms with Gasteiger partial charge < -0.3 is 10.6 Å². The van der Waals surface area contributed by atoms with Crippen LogP contribution in [0.3, 0.4) is 0 Å². The third-order valence-electron chi connectivity index (χ3n) is 3.87. The van der Waals surface area contributed by atoms with Gasteiger partial charge in [0.1, 0.15) is 16.1 Å². The lowest BCUT2D eigenvalue weighted by atomic mass is 10.1. The van der Waals surface area contributed by atoms with E-state index in [-0.39, 0.29) is 22.2 Å². The number of nitrogen functional groups attached to an aromatic ring is 1. The van der Waals surface area contributed by atoms with Crippen molar-refractivity contribution in [3.63, 3.8) is 0 Å². The summed E-state index contributed by atoms with van der Waals surface area (Å²) in [5.74, 6) is 0. The van der Waals surface area contributed by atoms with E-state index in [4.69, 9.17) is 17.3 Å². The zero-order valence-electron chi connectivity index (χ0n) is 16.5. The first-order valence-corrected chi connectivity index (χ1v) is 12.4. The van der Waals surface area contributed by atoms with Gasteiger partial charge in [0.05, 0.1) is 10.7 Å². The molecule has 1 aromatic carbocycles. The predicted molar refractivity (Wildman–Crippen MR) is 114 cm³/mol. The maximum Gasteiger partial charge on any atom is 0.285 e. The lowest BCUT2D eigenvalue weighted by Crippen LogP contribution is -2.26. The molecule has 1 rings (SSSR count). The van der Waals surface area contributed by atoms with Crippen LogP contribution >= 0.6 is 11.6 Å². The number of sulfonamides is 2. The Kier molecular flexibility index (Phi) is 9.68. The number of halogens is 1. The van der Waals surface area contributed by atoms with Gasteiger partial charge in [0.15, 0.2) is 0 Å². The maximum atomic E-state index is 12.6. The molecule has 0 saturated heterocycles. The predicted octanol–water partition coefficient (Wildman–Crippen LogP) is 2.84. The van der Waals surface area contributed by atoms with Gasteiger partial charge in [-0.15, -0.1) is 4.40 Å². The molecule has 0 aliphatic heterocycles. The fourth-order valence-electron chi connectivity index (χ4n) is 2.38. The summed E-state index contributed by atoms with van der Waals surface area (Å²) in [4.78, 5) is 0.686. The Morgan fingerprint density at radius 2 is 1.68 bits per heavy atom. The highest BCUT2D eigenvalue weighted by atomic mass is 35.5. The van der Waals surface area contributed by atoms with Crippen molar-refractivity contribution in [2.24, 2.45) is 4.40 Å². The number of unbranched alkanes of at least 4 members (excludes halogenated alkanes) is 5. The van der Waals surface area contributed by atoms with Crippen molar-refractivity contribution in [2.75, 3.05) is 26.4 Å². The van der Waals surface area contributed by atoms with Crippen LogP contribution in [0.15, 0.2) is 26.3 Å². The van der Waals surface area contributed by atoms with Crippen LogP contribution < -0.4 is 10.5 Å². The molecule has 0 spiro atoms. The van der Waals surface area contributed by atoms with E-state index in [1.165, 1.54) is 11.3 Å². The molecule has 0 radical (unpaired) electrons. The lowest BCUT2D eigenvalue weighted by molar-refractivity contribution is 0.568. The minimum absolute atomic E-state index is 0.129. The number of benzene rings is 1. The SMILES string of the molecule is CCCCCCCCNS(=O)(=O)c1cc(S(=O)(=O)/N=C/N(C)C)c(Cl)cc1N. The van der Waals surface area contributed by atoms with E-state index in [9.17, 15) is 16.8 Å². The number of nitrogens with one attached hydrogen (secondary N) is 1. The van der Waals surface area contributed by atoms with Crippen LogP contribution in [0.2, 0.25) is 5.02 Å². The zero-order chi connectivity index (χ0) is 21.4. The third kappa shape index (κ3) is 7.57. The summed E-state index contributed by atoms with van der Waals surface area (Å²) in [6.45, 7) is 2.38. The van der Waals surface area contributed by atoms with E-state index in [2.05, 4.69) is 16.0 Å². The van der Waals surface area contributed by atoms with Crippen molar-refractivity contribution in [1.82, 2.24) is 9.62 Å². The van der Waals surface area contributed by atoms with Crippen molar-refractivity contribution in [2.45, 2.75) is 55.2 Å². The Morgan fingerprint density at radius 1 is 1.07 bits per heavy atom. The van der Waals surface area contributed by atoms with Gasteiger partial charge in [0.25, 0.3) is 10.0 Å². The number of nitrogens with zero attached hydrogens (tertiary/aromatic N) is 2. The first-order chi connectivity index (χ1) is 13.0. The summed E-state index contributed by atoms with van der Waals surface area (Å²) < 4.78 is 55.8. The summed E-state index contributed by atoms with van der Waals surface area (Å²) in [6, 6.07) is 2.06. The molecule has 3 N–H and O–H groups in total. The van der Waals surface area contributed by atoms with Gasteiger partial charge in [-0.1, -0.05) is 50.6 Å².